The summed E-state index contributed by atoms with van der Waals surface area (Å²) in [5.74, 6) is -1.38. The lowest BCUT2D eigenvalue weighted by atomic mass is 10.1. The van der Waals surface area contributed by atoms with Crippen molar-refractivity contribution in [1.82, 2.24) is 15.1 Å². The summed E-state index contributed by atoms with van der Waals surface area (Å²) in [7, 11) is 0.737. The fourth-order valence-corrected chi connectivity index (χ4v) is 2.94. The van der Waals surface area contributed by atoms with E-state index in [0.29, 0.717) is 12.8 Å². The Bertz CT molecular complexity index is 597. The van der Waals surface area contributed by atoms with E-state index in [1.54, 1.807) is 0 Å². The third-order valence-electron chi connectivity index (χ3n) is 4.00. The lowest BCUT2D eigenvalue weighted by molar-refractivity contribution is -0.144. The monoisotopic (exact) mass is 357 g/mol. The highest BCUT2D eigenvalue weighted by Crippen LogP contribution is 2.39. The van der Waals surface area contributed by atoms with E-state index in [4.69, 9.17) is 0 Å². The number of aryl methyl sites for hydroxylation is 1. The zero-order chi connectivity index (χ0) is 18.1. The van der Waals surface area contributed by atoms with Crippen LogP contribution in [0.1, 0.15) is 60.3 Å². The van der Waals surface area contributed by atoms with E-state index >= 15 is 0 Å². The van der Waals surface area contributed by atoms with E-state index in [-0.39, 0.29) is 4.68 Å². The van der Waals surface area contributed by atoms with Gasteiger partial charge >= 0.3 is 12.4 Å². The molecule has 2 rings (SSSR count). The Hall–Kier alpha value is -1.74. The van der Waals surface area contributed by atoms with Gasteiger partial charge in [-0.05, 0) is 12.8 Å². The topological polar surface area (TPSA) is 46.9 Å². The van der Waals surface area contributed by atoms with E-state index in [0.717, 1.165) is 32.7 Å². The Morgan fingerprint density at radius 3 is 2.04 bits per heavy atom. The maximum atomic E-state index is 13.1. The third kappa shape index (κ3) is 4.02. The van der Waals surface area contributed by atoms with Crippen LogP contribution in [0, 0.1) is 0 Å². The molecule has 10 heteroatoms. The Morgan fingerprint density at radius 2 is 1.58 bits per heavy atom. The van der Waals surface area contributed by atoms with Gasteiger partial charge in [-0.3, -0.25) is 9.48 Å². The van der Waals surface area contributed by atoms with Crippen molar-refractivity contribution in [3.05, 3.63) is 17.0 Å². The van der Waals surface area contributed by atoms with Gasteiger partial charge in [0.25, 0.3) is 5.91 Å². The van der Waals surface area contributed by atoms with Gasteiger partial charge in [0.05, 0.1) is 0 Å². The molecule has 1 aromatic rings. The molecule has 0 spiro atoms. The number of hydrogen-bond donors (Lipinski definition) is 1. The highest BCUT2D eigenvalue weighted by molar-refractivity contribution is 5.97. The number of hydrogen-bond acceptors (Lipinski definition) is 2. The molecular formula is C14H17F6N3O. The number of rotatable bonds is 2. The van der Waals surface area contributed by atoms with Crippen LogP contribution in [0.25, 0.3) is 0 Å². The summed E-state index contributed by atoms with van der Waals surface area (Å²) in [6.07, 6.45) is -5.80. The molecule has 1 fully saturated rings. The molecule has 0 bridgehead atoms. The molecular weight excluding hydrogens is 340 g/mol. The molecule has 136 valence electrons. The molecule has 1 saturated carbocycles. The number of nitrogens with one attached hydrogen (secondary N) is 1. The van der Waals surface area contributed by atoms with E-state index in [9.17, 15) is 31.1 Å². The van der Waals surface area contributed by atoms with Crippen molar-refractivity contribution in [3.8, 4) is 0 Å². The first kappa shape index (κ1) is 18.6. The number of nitrogens with zero attached hydrogens (tertiary/aromatic N) is 2. The minimum Gasteiger partial charge on any atom is -0.349 e. The maximum absolute atomic E-state index is 13.1. The first-order valence-corrected chi connectivity index (χ1v) is 7.54. The number of halogens is 6. The Kier molecular flexibility index (Phi) is 5.14. The van der Waals surface area contributed by atoms with Crippen molar-refractivity contribution >= 4 is 5.91 Å². The SMILES string of the molecule is Cn1nc(C(F)(F)F)c(C(=O)NC2CCCCCC2)c1C(F)(F)F. The van der Waals surface area contributed by atoms with Crippen LogP contribution in [0.2, 0.25) is 0 Å². The number of carbonyl (C=O) groups is 1. The van der Waals surface area contributed by atoms with Crippen molar-refractivity contribution < 1.29 is 31.1 Å². The number of carbonyl (C=O) groups excluding carboxylic acids is 1. The van der Waals surface area contributed by atoms with Gasteiger partial charge in [-0.15, -0.1) is 0 Å². The molecule has 1 heterocycles. The second kappa shape index (κ2) is 6.64. The molecule has 0 aromatic carbocycles. The average molecular weight is 357 g/mol. The van der Waals surface area contributed by atoms with Crippen molar-refractivity contribution in [2.24, 2.45) is 7.05 Å². The van der Waals surface area contributed by atoms with Gasteiger partial charge < -0.3 is 5.32 Å². The molecule has 1 amide bonds. The molecule has 24 heavy (non-hydrogen) atoms. The van der Waals surface area contributed by atoms with Crippen LogP contribution in [-0.2, 0) is 19.4 Å². The molecule has 1 aromatic heterocycles. The highest BCUT2D eigenvalue weighted by atomic mass is 19.4. The normalized spacial score (nSPS) is 17.6. The van der Waals surface area contributed by atoms with Crippen molar-refractivity contribution in [1.29, 1.82) is 0 Å². The van der Waals surface area contributed by atoms with Crippen molar-refractivity contribution in [2.45, 2.75) is 56.9 Å². The molecule has 0 unspecified atom stereocenters. The van der Waals surface area contributed by atoms with Crippen molar-refractivity contribution in [2.75, 3.05) is 0 Å². The smallest absolute Gasteiger partial charge is 0.349 e. The predicted octanol–water partition coefficient (Wildman–Crippen LogP) is 3.91. The molecule has 0 radical (unpaired) electrons. The lowest BCUT2D eigenvalue weighted by Crippen LogP contribution is -2.36. The van der Waals surface area contributed by atoms with Crippen LogP contribution in [0.5, 0.6) is 0 Å². The summed E-state index contributed by atoms with van der Waals surface area (Å²) >= 11 is 0. The first-order valence-electron chi connectivity index (χ1n) is 7.54. The number of aromatic nitrogens is 2. The Labute approximate surface area is 134 Å². The standard InChI is InChI=1S/C14H17F6N3O/c1-23-11(14(18,19)20)9(10(22-23)13(15,16)17)12(24)21-8-6-4-2-3-5-7-8/h8H,2-7H2,1H3,(H,21,24). The molecule has 0 saturated heterocycles. The second-order valence-corrected chi connectivity index (χ2v) is 5.85. The van der Waals surface area contributed by atoms with E-state index < -0.39 is 41.3 Å². The van der Waals surface area contributed by atoms with Crippen LogP contribution in [0.15, 0.2) is 0 Å². The zero-order valence-corrected chi connectivity index (χ0v) is 12.9. The largest absolute Gasteiger partial charge is 0.435 e. The van der Waals surface area contributed by atoms with E-state index in [1.807, 2.05) is 0 Å². The van der Waals surface area contributed by atoms with Crippen LogP contribution >= 0.6 is 0 Å². The Morgan fingerprint density at radius 1 is 1.04 bits per heavy atom. The lowest BCUT2D eigenvalue weighted by Gasteiger charge is -2.18. The maximum Gasteiger partial charge on any atom is 0.435 e. The number of amides is 1. The van der Waals surface area contributed by atoms with Gasteiger partial charge in [0.2, 0.25) is 0 Å². The summed E-state index contributed by atoms with van der Waals surface area (Å²) in [5, 5.41) is 5.21. The minimum atomic E-state index is -5.16. The first-order chi connectivity index (χ1) is 11.0. The summed E-state index contributed by atoms with van der Waals surface area (Å²) < 4.78 is 78.4. The highest BCUT2D eigenvalue weighted by Gasteiger charge is 2.48. The van der Waals surface area contributed by atoms with Crippen molar-refractivity contribution in [3.63, 3.8) is 0 Å². The minimum absolute atomic E-state index is 0.0603. The fraction of sp³-hybridized carbons (Fsp3) is 0.714. The number of alkyl halides is 6. The molecule has 0 aliphatic heterocycles. The molecule has 0 atom stereocenters. The van der Waals surface area contributed by atoms with Gasteiger partial charge in [-0.1, -0.05) is 25.7 Å². The van der Waals surface area contributed by atoms with E-state index in [2.05, 4.69) is 10.4 Å². The van der Waals surface area contributed by atoms with Crippen LogP contribution in [0.4, 0.5) is 26.3 Å². The van der Waals surface area contributed by atoms with Crippen LogP contribution in [-0.4, -0.2) is 21.7 Å². The third-order valence-corrected chi connectivity index (χ3v) is 4.00. The average Bonchev–Trinajstić information content (AvgIpc) is 2.62. The molecule has 4 nitrogen and oxygen atoms in total. The fourth-order valence-electron chi connectivity index (χ4n) is 2.94. The summed E-state index contributed by atoms with van der Waals surface area (Å²) in [5.41, 5.74) is -4.97. The molecule has 1 aliphatic carbocycles. The quantitative estimate of drug-likeness (QED) is 0.644. The van der Waals surface area contributed by atoms with Gasteiger partial charge in [-0.2, -0.15) is 31.4 Å². The molecule has 1 N–H and O–H groups in total. The van der Waals surface area contributed by atoms with Gasteiger partial charge in [0.15, 0.2) is 11.4 Å². The van der Waals surface area contributed by atoms with Gasteiger partial charge in [0.1, 0.15) is 5.56 Å². The van der Waals surface area contributed by atoms with Crippen LogP contribution in [0.3, 0.4) is 0 Å². The zero-order valence-electron chi connectivity index (χ0n) is 12.9. The second-order valence-electron chi connectivity index (χ2n) is 5.85. The molecule has 1 aliphatic rings. The van der Waals surface area contributed by atoms with Gasteiger partial charge in [0, 0.05) is 13.1 Å². The summed E-state index contributed by atoms with van der Waals surface area (Å²) in [4.78, 5) is 12.2. The summed E-state index contributed by atoms with van der Waals surface area (Å²) in [6, 6.07) is -0.428. The van der Waals surface area contributed by atoms with Crippen LogP contribution < -0.4 is 5.32 Å². The van der Waals surface area contributed by atoms with E-state index in [1.165, 1.54) is 0 Å². The predicted molar refractivity (Wildman–Crippen MR) is 72.2 cm³/mol. The Balaban J connectivity index is 2.40. The van der Waals surface area contributed by atoms with Gasteiger partial charge in [-0.25, -0.2) is 0 Å². The summed E-state index contributed by atoms with van der Waals surface area (Å²) in [6.45, 7) is 0.